The van der Waals surface area contributed by atoms with Crippen LogP contribution in [0.2, 0.25) is 0 Å². The molecule has 0 saturated heterocycles. The highest BCUT2D eigenvalue weighted by Crippen LogP contribution is 2.28. The molecule has 0 saturated carbocycles. The molecule has 0 spiro atoms. The predicted octanol–water partition coefficient (Wildman–Crippen LogP) is 3.50. The average molecular weight is 403 g/mol. The molecule has 2 N–H and O–H groups in total. The minimum Gasteiger partial charge on any atom is -0.406 e. The molecule has 9 heteroatoms. The molecular formula is C20H16F3N3O3. The molecule has 2 aromatic heterocycles. The van der Waals surface area contributed by atoms with Crippen molar-refractivity contribution in [2.75, 3.05) is 0 Å². The number of amides is 1. The van der Waals surface area contributed by atoms with Crippen LogP contribution in [0.5, 0.6) is 5.75 Å². The minimum absolute atomic E-state index is 0.222. The van der Waals surface area contributed by atoms with Crippen molar-refractivity contribution in [3.8, 4) is 5.75 Å². The molecular weight excluding hydrogens is 387 g/mol. The highest BCUT2D eigenvalue weighted by molar-refractivity contribution is 5.94. The van der Waals surface area contributed by atoms with Gasteiger partial charge in [-0.3, -0.25) is 14.6 Å². The first-order chi connectivity index (χ1) is 13.7. The number of aromatic nitrogens is 2. The van der Waals surface area contributed by atoms with Crippen molar-refractivity contribution in [2.45, 2.75) is 19.3 Å². The zero-order chi connectivity index (χ0) is 21.0. The molecule has 0 unspecified atom stereocenters. The minimum atomic E-state index is -4.79. The van der Waals surface area contributed by atoms with Crippen molar-refractivity contribution in [3.05, 3.63) is 93.7 Å². The first-order valence-corrected chi connectivity index (χ1v) is 8.50. The van der Waals surface area contributed by atoms with Gasteiger partial charge in [0, 0.05) is 18.5 Å². The Morgan fingerprint density at radius 2 is 1.86 bits per heavy atom. The molecule has 0 aliphatic rings. The second-order valence-corrected chi connectivity index (χ2v) is 6.17. The number of hydrogen-bond donors (Lipinski definition) is 2. The highest BCUT2D eigenvalue weighted by atomic mass is 19.4. The molecule has 2 heterocycles. The van der Waals surface area contributed by atoms with Crippen molar-refractivity contribution in [1.29, 1.82) is 0 Å². The fraction of sp³-hybridized carbons (Fsp3) is 0.150. The summed E-state index contributed by atoms with van der Waals surface area (Å²) in [4.78, 5) is 30.6. The molecule has 1 atom stereocenters. The largest absolute Gasteiger partial charge is 0.573 e. The van der Waals surface area contributed by atoms with Crippen molar-refractivity contribution in [2.24, 2.45) is 0 Å². The summed E-state index contributed by atoms with van der Waals surface area (Å²) in [6.07, 6.45) is -1.96. The Balaban J connectivity index is 1.93. The van der Waals surface area contributed by atoms with E-state index in [1.807, 2.05) is 13.0 Å². The number of halogens is 3. The van der Waals surface area contributed by atoms with Crippen molar-refractivity contribution < 1.29 is 22.7 Å². The SMILES string of the molecule is Cc1cccnc1[C@@H](NC(=O)c1ccc(=O)[nH]c1)c1ccc(OC(F)(F)F)cc1. The molecule has 0 fully saturated rings. The van der Waals surface area contributed by atoms with Gasteiger partial charge in [0.25, 0.3) is 5.91 Å². The third-order valence-electron chi connectivity index (χ3n) is 4.09. The van der Waals surface area contributed by atoms with Crippen molar-refractivity contribution in [1.82, 2.24) is 15.3 Å². The van der Waals surface area contributed by atoms with Crippen LogP contribution in [0.25, 0.3) is 0 Å². The molecule has 6 nitrogen and oxygen atoms in total. The smallest absolute Gasteiger partial charge is 0.406 e. The van der Waals surface area contributed by atoms with Gasteiger partial charge >= 0.3 is 6.36 Å². The van der Waals surface area contributed by atoms with Gasteiger partial charge in [0.2, 0.25) is 5.56 Å². The fourth-order valence-electron chi connectivity index (χ4n) is 2.74. The molecule has 3 rings (SSSR count). The van der Waals surface area contributed by atoms with Crippen LogP contribution in [-0.2, 0) is 0 Å². The Labute approximate surface area is 163 Å². The zero-order valence-corrected chi connectivity index (χ0v) is 15.2. The lowest BCUT2D eigenvalue weighted by molar-refractivity contribution is -0.274. The lowest BCUT2D eigenvalue weighted by Gasteiger charge is -2.21. The monoisotopic (exact) mass is 403 g/mol. The Kier molecular flexibility index (Phi) is 5.67. The quantitative estimate of drug-likeness (QED) is 0.683. The number of H-pyrrole nitrogens is 1. The van der Waals surface area contributed by atoms with E-state index in [1.54, 1.807) is 12.3 Å². The summed E-state index contributed by atoms with van der Waals surface area (Å²) in [7, 11) is 0. The number of hydrogen-bond acceptors (Lipinski definition) is 4. The number of carbonyl (C=O) groups is 1. The maximum atomic E-state index is 12.6. The van der Waals surface area contributed by atoms with Crippen LogP contribution in [0.3, 0.4) is 0 Å². The number of nitrogens with one attached hydrogen (secondary N) is 2. The number of benzene rings is 1. The molecule has 1 aromatic carbocycles. The third-order valence-corrected chi connectivity index (χ3v) is 4.09. The molecule has 0 bridgehead atoms. The summed E-state index contributed by atoms with van der Waals surface area (Å²) in [6.45, 7) is 1.81. The maximum Gasteiger partial charge on any atom is 0.573 e. The number of aryl methyl sites for hydroxylation is 1. The standard InChI is InChI=1S/C20H16F3N3O3/c1-12-3-2-10-24-17(12)18(26-19(28)14-6-9-16(27)25-11-14)13-4-7-15(8-5-13)29-20(21,22)23/h2-11,18H,1H3,(H,25,27)(H,26,28)/t18-/m0/s1. The number of ether oxygens (including phenoxy) is 1. The predicted molar refractivity (Wildman–Crippen MR) is 98.5 cm³/mol. The van der Waals surface area contributed by atoms with E-state index in [0.29, 0.717) is 11.3 Å². The van der Waals surface area contributed by atoms with Gasteiger partial charge in [0.05, 0.1) is 17.3 Å². The second kappa shape index (κ2) is 8.17. The number of aromatic amines is 1. The van der Waals surface area contributed by atoms with Crippen LogP contribution < -0.4 is 15.6 Å². The van der Waals surface area contributed by atoms with Gasteiger partial charge in [-0.1, -0.05) is 18.2 Å². The van der Waals surface area contributed by atoms with E-state index in [4.69, 9.17) is 0 Å². The van der Waals surface area contributed by atoms with Gasteiger partial charge in [0.1, 0.15) is 5.75 Å². The molecule has 0 radical (unpaired) electrons. The van der Waals surface area contributed by atoms with Crippen LogP contribution in [0.4, 0.5) is 13.2 Å². The normalized spacial score (nSPS) is 12.3. The van der Waals surface area contributed by atoms with Gasteiger partial charge in [-0.15, -0.1) is 13.2 Å². The fourth-order valence-corrected chi connectivity index (χ4v) is 2.74. The molecule has 3 aromatic rings. The van der Waals surface area contributed by atoms with E-state index < -0.39 is 18.3 Å². The topological polar surface area (TPSA) is 84.1 Å². The van der Waals surface area contributed by atoms with Gasteiger partial charge < -0.3 is 15.0 Å². The van der Waals surface area contributed by atoms with E-state index in [0.717, 1.165) is 5.56 Å². The first kappa shape index (κ1) is 20.1. The van der Waals surface area contributed by atoms with E-state index in [9.17, 15) is 22.8 Å². The number of alkyl halides is 3. The molecule has 29 heavy (non-hydrogen) atoms. The van der Waals surface area contributed by atoms with Crippen LogP contribution in [-0.4, -0.2) is 22.2 Å². The van der Waals surface area contributed by atoms with Gasteiger partial charge in [-0.2, -0.15) is 0 Å². The van der Waals surface area contributed by atoms with Gasteiger partial charge in [-0.25, -0.2) is 0 Å². The third kappa shape index (κ3) is 5.22. The van der Waals surface area contributed by atoms with E-state index in [1.165, 1.54) is 42.6 Å². The summed E-state index contributed by atoms with van der Waals surface area (Å²) < 4.78 is 41.1. The van der Waals surface area contributed by atoms with Crippen LogP contribution in [0.15, 0.2) is 65.7 Å². The Bertz CT molecular complexity index is 1040. The van der Waals surface area contributed by atoms with Crippen LogP contribution in [0, 0.1) is 6.92 Å². The van der Waals surface area contributed by atoms with Crippen molar-refractivity contribution >= 4 is 5.91 Å². The summed E-state index contributed by atoms with van der Waals surface area (Å²) in [6, 6.07) is 10.6. The summed E-state index contributed by atoms with van der Waals surface area (Å²) in [5.41, 5.74) is 1.71. The van der Waals surface area contributed by atoms with E-state index >= 15 is 0 Å². The first-order valence-electron chi connectivity index (χ1n) is 8.50. The number of carbonyl (C=O) groups excluding carboxylic acids is 1. The summed E-state index contributed by atoms with van der Waals surface area (Å²) >= 11 is 0. The second-order valence-electron chi connectivity index (χ2n) is 6.17. The number of nitrogens with zero attached hydrogens (tertiary/aromatic N) is 1. The molecule has 150 valence electrons. The molecule has 1 amide bonds. The highest BCUT2D eigenvalue weighted by Gasteiger charge is 2.31. The Hall–Kier alpha value is -3.62. The van der Waals surface area contributed by atoms with Crippen LogP contribution in [0.1, 0.15) is 33.2 Å². The zero-order valence-electron chi connectivity index (χ0n) is 15.2. The van der Waals surface area contributed by atoms with Gasteiger partial charge in [0.15, 0.2) is 0 Å². The van der Waals surface area contributed by atoms with Crippen LogP contribution >= 0.6 is 0 Å². The Morgan fingerprint density at radius 1 is 1.14 bits per heavy atom. The lowest BCUT2D eigenvalue weighted by Crippen LogP contribution is -2.31. The number of rotatable bonds is 5. The lowest BCUT2D eigenvalue weighted by atomic mass is 9.99. The van der Waals surface area contributed by atoms with Crippen molar-refractivity contribution in [3.63, 3.8) is 0 Å². The molecule has 0 aliphatic heterocycles. The van der Waals surface area contributed by atoms with E-state index in [-0.39, 0.29) is 16.9 Å². The van der Waals surface area contributed by atoms with Gasteiger partial charge in [-0.05, 0) is 42.3 Å². The summed E-state index contributed by atoms with van der Waals surface area (Å²) in [5.74, 6) is -0.850. The Morgan fingerprint density at radius 3 is 2.45 bits per heavy atom. The van der Waals surface area contributed by atoms with E-state index in [2.05, 4.69) is 20.0 Å². The molecule has 0 aliphatic carbocycles. The summed E-state index contributed by atoms with van der Waals surface area (Å²) in [5, 5.41) is 2.81. The average Bonchev–Trinajstić information content (AvgIpc) is 2.67. The number of pyridine rings is 2. The maximum absolute atomic E-state index is 12.6.